The van der Waals surface area contributed by atoms with Crippen LogP contribution in [0.5, 0.6) is 0 Å². The molecule has 0 saturated heterocycles. The standard InChI is InChI=1S/C19H21N3O4S/c1-3-22(13-8-10-14(11-9-13)27(20,24)25)18(19(23)26-2)16-12-21-17-7-5-4-6-15(16)17/h4-12,18,21H,3H2,1-2H3,(H2,20,24,25). The van der Waals surface area contributed by atoms with Crippen molar-refractivity contribution in [2.24, 2.45) is 5.14 Å². The van der Waals surface area contributed by atoms with E-state index in [4.69, 9.17) is 9.88 Å². The number of sulfonamides is 1. The van der Waals surface area contributed by atoms with Crippen molar-refractivity contribution in [1.82, 2.24) is 4.98 Å². The Kier molecular flexibility index (Phi) is 5.20. The number of benzene rings is 2. The summed E-state index contributed by atoms with van der Waals surface area (Å²) >= 11 is 0. The molecule has 0 radical (unpaired) electrons. The van der Waals surface area contributed by atoms with Crippen molar-refractivity contribution >= 4 is 32.6 Å². The predicted molar refractivity (Wildman–Crippen MR) is 104 cm³/mol. The van der Waals surface area contributed by atoms with E-state index in [0.717, 1.165) is 16.5 Å². The van der Waals surface area contributed by atoms with E-state index >= 15 is 0 Å². The van der Waals surface area contributed by atoms with Gasteiger partial charge in [-0.15, -0.1) is 0 Å². The molecule has 0 aliphatic carbocycles. The number of carbonyl (C=O) groups excluding carboxylic acids is 1. The van der Waals surface area contributed by atoms with E-state index in [-0.39, 0.29) is 4.90 Å². The number of anilines is 1. The molecule has 0 spiro atoms. The Bertz CT molecular complexity index is 1060. The highest BCUT2D eigenvalue weighted by Gasteiger charge is 2.30. The first-order valence-corrected chi connectivity index (χ1v) is 9.94. The van der Waals surface area contributed by atoms with Gasteiger partial charge in [-0.3, -0.25) is 0 Å². The largest absolute Gasteiger partial charge is 0.467 e. The number of aromatic nitrogens is 1. The zero-order valence-corrected chi connectivity index (χ0v) is 15.9. The third kappa shape index (κ3) is 3.67. The van der Waals surface area contributed by atoms with Gasteiger partial charge in [-0.25, -0.2) is 18.4 Å². The molecule has 1 atom stereocenters. The van der Waals surface area contributed by atoms with Gasteiger partial charge in [0.1, 0.15) is 0 Å². The van der Waals surface area contributed by atoms with Crippen LogP contribution in [-0.2, 0) is 19.6 Å². The Labute approximate surface area is 157 Å². The Balaban J connectivity index is 2.09. The highest BCUT2D eigenvalue weighted by molar-refractivity contribution is 7.89. The Hall–Kier alpha value is -2.84. The van der Waals surface area contributed by atoms with Gasteiger partial charge < -0.3 is 14.6 Å². The molecule has 1 aromatic heterocycles. The minimum Gasteiger partial charge on any atom is -0.467 e. The highest BCUT2D eigenvalue weighted by Crippen LogP contribution is 2.33. The molecule has 0 amide bonds. The minimum atomic E-state index is -3.78. The summed E-state index contributed by atoms with van der Waals surface area (Å²) in [5, 5.41) is 6.09. The van der Waals surface area contributed by atoms with Crippen LogP contribution in [-0.4, -0.2) is 33.0 Å². The van der Waals surface area contributed by atoms with Crippen LogP contribution in [0.15, 0.2) is 59.6 Å². The zero-order valence-electron chi connectivity index (χ0n) is 15.0. The van der Waals surface area contributed by atoms with E-state index < -0.39 is 22.0 Å². The molecule has 3 N–H and O–H groups in total. The number of carbonyl (C=O) groups is 1. The lowest BCUT2D eigenvalue weighted by Crippen LogP contribution is -2.34. The lowest BCUT2D eigenvalue weighted by Gasteiger charge is -2.31. The van der Waals surface area contributed by atoms with Crippen LogP contribution in [0.25, 0.3) is 10.9 Å². The Morgan fingerprint density at radius 2 is 1.85 bits per heavy atom. The fourth-order valence-electron chi connectivity index (χ4n) is 3.20. The topological polar surface area (TPSA) is 105 Å². The van der Waals surface area contributed by atoms with Gasteiger partial charge in [0.15, 0.2) is 6.04 Å². The van der Waals surface area contributed by atoms with Crippen molar-refractivity contribution < 1.29 is 17.9 Å². The van der Waals surface area contributed by atoms with Gasteiger partial charge in [-0.2, -0.15) is 0 Å². The summed E-state index contributed by atoms with van der Waals surface area (Å²) in [6, 6.07) is 13.1. The predicted octanol–water partition coefficient (Wildman–Crippen LogP) is 2.56. The van der Waals surface area contributed by atoms with Gasteiger partial charge in [0.2, 0.25) is 10.0 Å². The summed E-state index contributed by atoms with van der Waals surface area (Å²) in [6.07, 6.45) is 1.80. The van der Waals surface area contributed by atoms with Crippen LogP contribution in [0.3, 0.4) is 0 Å². The Morgan fingerprint density at radius 1 is 1.19 bits per heavy atom. The highest BCUT2D eigenvalue weighted by atomic mass is 32.2. The van der Waals surface area contributed by atoms with Gasteiger partial charge in [-0.05, 0) is 37.3 Å². The molecule has 142 valence electrons. The maximum atomic E-state index is 12.7. The number of para-hydroxylation sites is 1. The number of likely N-dealkylation sites (N-methyl/N-ethyl adjacent to an activating group) is 1. The summed E-state index contributed by atoms with van der Waals surface area (Å²) in [5.74, 6) is -0.405. The number of nitrogens with one attached hydrogen (secondary N) is 1. The second-order valence-corrected chi connectivity index (χ2v) is 7.60. The third-order valence-corrected chi connectivity index (χ3v) is 5.42. The van der Waals surface area contributed by atoms with Crippen LogP contribution in [0.4, 0.5) is 5.69 Å². The molecule has 3 rings (SSSR count). The van der Waals surface area contributed by atoms with Crippen LogP contribution in [0, 0.1) is 0 Å². The molecule has 27 heavy (non-hydrogen) atoms. The maximum absolute atomic E-state index is 12.7. The SMILES string of the molecule is CCN(c1ccc(S(N)(=O)=O)cc1)C(C(=O)OC)c1c[nH]c2ccccc12. The average Bonchev–Trinajstić information content (AvgIpc) is 3.08. The second kappa shape index (κ2) is 7.42. The van der Waals surface area contributed by atoms with Crippen molar-refractivity contribution in [3.63, 3.8) is 0 Å². The molecule has 0 fully saturated rings. The van der Waals surface area contributed by atoms with E-state index in [1.54, 1.807) is 18.3 Å². The molecular formula is C19H21N3O4S. The number of hydrogen-bond donors (Lipinski definition) is 2. The van der Waals surface area contributed by atoms with Gasteiger partial charge in [0.25, 0.3) is 0 Å². The number of primary sulfonamides is 1. The number of H-pyrrole nitrogens is 1. The van der Waals surface area contributed by atoms with Crippen molar-refractivity contribution in [2.75, 3.05) is 18.6 Å². The van der Waals surface area contributed by atoms with Crippen molar-refractivity contribution in [1.29, 1.82) is 0 Å². The molecule has 0 aliphatic rings. The van der Waals surface area contributed by atoms with Crippen molar-refractivity contribution in [3.8, 4) is 0 Å². The van der Waals surface area contributed by atoms with Crippen LogP contribution >= 0.6 is 0 Å². The molecule has 1 unspecified atom stereocenters. The lowest BCUT2D eigenvalue weighted by atomic mass is 10.0. The number of nitrogens with zero attached hydrogens (tertiary/aromatic N) is 1. The first-order valence-electron chi connectivity index (χ1n) is 8.40. The van der Waals surface area contributed by atoms with E-state index in [2.05, 4.69) is 4.98 Å². The van der Waals surface area contributed by atoms with Crippen LogP contribution in [0.2, 0.25) is 0 Å². The van der Waals surface area contributed by atoms with E-state index in [1.165, 1.54) is 19.2 Å². The van der Waals surface area contributed by atoms with Gasteiger partial charge in [0.05, 0.1) is 12.0 Å². The summed E-state index contributed by atoms with van der Waals surface area (Å²) in [7, 11) is -2.43. The van der Waals surface area contributed by atoms with E-state index in [0.29, 0.717) is 12.2 Å². The normalized spacial score (nSPS) is 12.7. The monoisotopic (exact) mass is 387 g/mol. The number of ether oxygens (including phenoxy) is 1. The molecule has 3 aromatic rings. The van der Waals surface area contributed by atoms with Gasteiger partial charge >= 0.3 is 5.97 Å². The molecule has 7 nitrogen and oxygen atoms in total. The maximum Gasteiger partial charge on any atom is 0.333 e. The van der Waals surface area contributed by atoms with Gasteiger partial charge in [0, 0.05) is 34.9 Å². The fraction of sp³-hybridized carbons (Fsp3) is 0.211. The smallest absolute Gasteiger partial charge is 0.333 e. The number of methoxy groups -OCH3 is 1. The molecule has 1 heterocycles. The van der Waals surface area contributed by atoms with E-state index in [9.17, 15) is 13.2 Å². The summed E-state index contributed by atoms with van der Waals surface area (Å²) in [6.45, 7) is 2.42. The summed E-state index contributed by atoms with van der Waals surface area (Å²) in [4.78, 5) is 17.7. The summed E-state index contributed by atoms with van der Waals surface area (Å²) in [5.41, 5.74) is 2.39. The average molecular weight is 387 g/mol. The molecule has 8 heteroatoms. The number of rotatable bonds is 6. The molecule has 0 aliphatic heterocycles. The minimum absolute atomic E-state index is 0.0176. The zero-order chi connectivity index (χ0) is 19.6. The first kappa shape index (κ1) is 18.9. The second-order valence-electron chi connectivity index (χ2n) is 6.04. The van der Waals surface area contributed by atoms with Crippen molar-refractivity contribution in [2.45, 2.75) is 17.9 Å². The van der Waals surface area contributed by atoms with Crippen molar-refractivity contribution in [3.05, 3.63) is 60.3 Å². The number of aromatic amines is 1. The quantitative estimate of drug-likeness (QED) is 0.633. The van der Waals surface area contributed by atoms with Gasteiger partial charge in [-0.1, -0.05) is 18.2 Å². The number of nitrogens with two attached hydrogens (primary N) is 1. The first-order chi connectivity index (χ1) is 12.9. The van der Waals surface area contributed by atoms with Crippen LogP contribution in [0.1, 0.15) is 18.5 Å². The number of esters is 1. The lowest BCUT2D eigenvalue weighted by molar-refractivity contribution is -0.142. The third-order valence-electron chi connectivity index (χ3n) is 4.49. The number of fused-ring (bicyclic) bond motifs is 1. The molecule has 0 saturated carbocycles. The summed E-state index contributed by atoms with van der Waals surface area (Å²) < 4.78 is 28.0. The molecular weight excluding hydrogens is 366 g/mol. The number of hydrogen-bond acceptors (Lipinski definition) is 5. The fourth-order valence-corrected chi connectivity index (χ4v) is 3.71. The molecule has 0 bridgehead atoms. The van der Waals surface area contributed by atoms with E-state index in [1.807, 2.05) is 36.1 Å². The Morgan fingerprint density at radius 3 is 2.44 bits per heavy atom. The van der Waals surface area contributed by atoms with Crippen LogP contribution < -0.4 is 10.0 Å². The molecule has 2 aromatic carbocycles.